The van der Waals surface area contributed by atoms with Crippen molar-refractivity contribution in [2.75, 3.05) is 4.90 Å². The van der Waals surface area contributed by atoms with Crippen LogP contribution in [0.15, 0.2) is 60.3 Å². The molecular weight excluding hydrogens is 384 g/mol. The van der Waals surface area contributed by atoms with Crippen molar-refractivity contribution in [2.24, 2.45) is 0 Å². The van der Waals surface area contributed by atoms with Crippen molar-refractivity contribution < 1.29 is 9.59 Å². The van der Waals surface area contributed by atoms with E-state index in [1.165, 1.54) is 17.2 Å². The number of para-hydroxylation sites is 2. The number of halogens is 1. The second-order valence-corrected chi connectivity index (χ2v) is 6.54. The monoisotopic (exact) mass is 394 g/mol. The Morgan fingerprint density at radius 2 is 1.74 bits per heavy atom. The van der Waals surface area contributed by atoms with Crippen molar-refractivity contribution in [3.05, 3.63) is 71.0 Å². The molecule has 132 valence electrons. The van der Waals surface area contributed by atoms with Crippen molar-refractivity contribution in [1.29, 1.82) is 0 Å². The van der Waals surface area contributed by atoms with Crippen LogP contribution in [-0.2, 0) is 9.59 Å². The van der Waals surface area contributed by atoms with Crippen molar-refractivity contribution in [3.8, 4) is 0 Å². The van der Waals surface area contributed by atoms with Gasteiger partial charge < -0.3 is 0 Å². The van der Waals surface area contributed by atoms with Crippen LogP contribution in [0.2, 0.25) is 5.02 Å². The van der Waals surface area contributed by atoms with Gasteiger partial charge in [0.1, 0.15) is 5.57 Å². The van der Waals surface area contributed by atoms with Crippen molar-refractivity contribution >= 4 is 63.5 Å². The van der Waals surface area contributed by atoms with Crippen molar-refractivity contribution in [3.63, 3.8) is 0 Å². The van der Waals surface area contributed by atoms with Crippen LogP contribution in [0, 0.1) is 0 Å². The summed E-state index contributed by atoms with van der Waals surface area (Å²) >= 11 is 11.1. The molecule has 1 N–H and O–H groups in total. The fraction of sp³-hybridized carbons (Fsp3) is 0. The van der Waals surface area contributed by atoms with Gasteiger partial charge in [-0.15, -0.1) is 0 Å². The molecule has 1 saturated heterocycles. The molecule has 0 unspecified atom stereocenters. The first kappa shape index (κ1) is 17.3. The molecular formula is C19H11ClN4O2S. The van der Waals surface area contributed by atoms with Gasteiger partial charge in [-0.2, -0.15) is 0 Å². The number of hydrogen-bond donors (Lipinski definition) is 1. The highest BCUT2D eigenvalue weighted by molar-refractivity contribution is 7.80. The van der Waals surface area contributed by atoms with Crippen LogP contribution in [0.5, 0.6) is 0 Å². The molecule has 1 aliphatic heterocycles. The Kier molecular flexibility index (Phi) is 4.39. The van der Waals surface area contributed by atoms with Gasteiger partial charge in [0.15, 0.2) is 5.11 Å². The summed E-state index contributed by atoms with van der Waals surface area (Å²) in [6.45, 7) is 0. The van der Waals surface area contributed by atoms with Gasteiger partial charge in [0.05, 0.1) is 28.6 Å². The Labute approximate surface area is 164 Å². The number of carbonyl (C=O) groups excluding carboxylic acids is 2. The molecule has 0 aliphatic carbocycles. The molecule has 0 radical (unpaired) electrons. The van der Waals surface area contributed by atoms with Gasteiger partial charge >= 0.3 is 0 Å². The molecule has 8 heteroatoms. The van der Waals surface area contributed by atoms with Gasteiger partial charge in [-0.3, -0.25) is 24.8 Å². The summed E-state index contributed by atoms with van der Waals surface area (Å²) < 4.78 is 0. The van der Waals surface area contributed by atoms with E-state index in [-0.39, 0.29) is 10.7 Å². The molecule has 1 aliphatic rings. The number of fused-ring (bicyclic) bond motifs is 1. The molecule has 2 heterocycles. The standard InChI is InChI=1S/C19H11ClN4O2S/c20-11-5-7-13(8-6-11)24-18(26)14(17(25)23-19(24)27)9-12-10-21-15-3-1-2-4-16(15)22-12/h1-10H,(H,23,25,27). The third-order valence-electron chi connectivity index (χ3n) is 3.95. The lowest BCUT2D eigenvalue weighted by Gasteiger charge is -2.28. The topological polar surface area (TPSA) is 75.2 Å². The van der Waals surface area contributed by atoms with E-state index >= 15 is 0 Å². The van der Waals surface area contributed by atoms with E-state index in [4.69, 9.17) is 23.8 Å². The van der Waals surface area contributed by atoms with E-state index in [0.29, 0.717) is 21.9 Å². The summed E-state index contributed by atoms with van der Waals surface area (Å²) in [6, 6.07) is 13.9. The van der Waals surface area contributed by atoms with E-state index < -0.39 is 11.8 Å². The summed E-state index contributed by atoms with van der Waals surface area (Å²) in [5, 5.41) is 3.07. The van der Waals surface area contributed by atoms with Gasteiger partial charge in [-0.05, 0) is 54.7 Å². The summed E-state index contributed by atoms with van der Waals surface area (Å²) in [7, 11) is 0. The summed E-state index contributed by atoms with van der Waals surface area (Å²) in [5.41, 5.74) is 2.22. The van der Waals surface area contributed by atoms with Gasteiger partial charge in [0, 0.05) is 5.02 Å². The van der Waals surface area contributed by atoms with Gasteiger partial charge in [-0.1, -0.05) is 23.7 Å². The maximum absolute atomic E-state index is 12.9. The van der Waals surface area contributed by atoms with E-state index in [2.05, 4.69) is 15.3 Å². The molecule has 0 spiro atoms. The highest BCUT2D eigenvalue weighted by Gasteiger charge is 2.34. The number of anilines is 1. The first-order valence-corrected chi connectivity index (χ1v) is 8.70. The molecule has 0 atom stereocenters. The molecule has 6 nitrogen and oxygen atoms in total. The normalized spacial score (nSPS) is 16.1. The van der Waals surface area contributed by atoms with Crippen LogP contribution in [0.4, 0.5) is 5.69 Å². The third kappa shape index (κ3) is 3.30. The van der Waals surface area contributed by atoms with E-state index in [1.54, 1.807) is 24.3 Å². The number of thiocarbonyl (C=S) groups is 1. The molecule has 3 aromatic rings. The number of benzene rings is 2. The average Bonchev–Trinajstić information content (AvgIpc) is 2.66. The average molecular weight is 395 g/mol. The lowest BCUT2D eigenvalue weighted by molar-refractivity contribution is -0.122. The predicted molar refractivity (Wildman–Crippen MR) is 107 cm³/mol. The second-order valence-electron chi connectivity index (χ2n) is 5.72. The number of carbonyl (C=O) groups is 2. The quantitative estimate of drug-likeness (QED) is 0.410. The Morgan fingerprint density at radius 1 is 1.04 bits per heavy atom. The van der Waals surface area contributed by atoms with Crippen LogP contribution in [0.25, 0.3) is 17.1 Å². The molecule has 1 fully saturated rings. The van der Waals surface area contributed by atoms with E-state index in [0.717, 1.165) is 5.52 Å². The highest BCUT2D eigenvalue weighted by Crippen LogP contribution is 2.23. The summed E-state index contributed by atoms with van der Waals surface area (Å²) in [4.78, 5) is 35.2. The minimum absolute atomic E-state index is 0.00840. The maximum Gasteiger partial charge on any atom is 0.270 e. The Hall–Kier alpha value is -3.16. The van der Waals surface area contributed by atoms with Gasteiger partial charge in [-0.25, -0.2) is 4.98 Å². The number of aromatic nitrogens is 2. The first-order valence-electron chi connectivity index (χ1n) is 7.92. The smallest absolute Gasteiger partial charge is 0.270 e. The van der Waals surface area contributed by atoms with E-state index in [9.17, 15) is 9.59 Å². The SMILES string of the molecule is O=C1NC(=S)N(c2ccc(Cl)cc2)C(=O)C1=Cc1cnc2ccccc2n1. The minimum atomic E-state index is -0.579. The zero-order valence-electron chi connectivity index (χ0n) is 13.7. The number of rotatable bonds is 2. The summed E-state index contributed by atoms with van der Waals surface area (Å²) in [5.74, 6) is -1.12. The zero-order chi connectivity index (χ0) is 19.0. The fourth-order valence-corrected chi connectivity index (χ4v) is 3.08. The van der Waals surface area contributed by atoms with Crippen LogP contribution in [0.3, 0.4) is 0 Å². The molecule has 0 bridgehead atoms. The Morgan fingerprint density at radius 3 is 2.48 bits per heavy atom. The Balaban J connectivity index is 1.74. The largest absolute Gasteiger partial charge is 0.298 e. The minimum Gasteiger partial charge on any atom is -0.298 e. The second kappa shape index (κ2) is 6.86. The fourth-order valence-electron chi connectivity index (χ4n) is 2.67. The van der Waals surface area contributed by atoms with Gasteiger partial charge in [0.2, 0.25) is 0 Å². The van der Waals surface area contributed by atoms with Crippen molar-refractivity contribution in [1.82, 2.24) is 15.3 Å². The lowest BCUT2D eigenvalue weighted by Crippen LogP contribution is -2.54. The summed E-state index contributed by atoms with van der Waals surface area (Å²) in [6.07, 6.45) is 2.91. The van der Waals surface area contributed by atoms with Gasteiger partial charge in [0.25, 0.3) is 11.8 Å². The van der Waals surface area contributed by atoms with Crippen LogP contribution >= 0.6 is 23.8 Å². The molecule has 2 amide bonds. The predicted octanol–water partition coefficient (Wildman–Crippen LogP) is 3.11. The van der Waals surface area contributed by atoms with Crippen molar-refractivity contribution in [2.45, 2.75) is 0 Å². The van der Waals surface area contributed by atoms with Crippen LogP contribution in [0.1, 0.15) is 5.69 Å². The molecule has 27 heavy (non-hydrogen) atoms. The molecule has 0 saturated carbocycles. The molecule has 1 aromatic heterocycles. The Bertz CT molecular complexity index is 1130. The lowest BCUT2D eigenvalue weighted by atomic mass is 10.1. The zero-order valence-corrected chi connectivity index (χ0v) is 15.3. The van der Waals surface area contributed by atoms with Crippen LogP contribution in [-0.4, -0.2) is 26.9 Å². The first-order chi connectivity index (χ1) is 13.0. The third-order valence-corrected chi connectivity index (χ3v) is 4.48. The highest BCUT2D eigenvalue weighted by atomic mass is 35.5. The number of nitrogens with one attached hydrogen (secondary N) is 1. The number of amides is 2. The molecule has 2 aromatic carbocycles. The number of hydrogen-bond acceptors (Lipinski definition) is 5. The van der Waals surface area contributed by atoms with E-state index in [1.807, 2.05) is 24.3 Å². The maximum atomic E-state index is 12.9. The molecule has 4 rings (SSSR count). The van der Waals surface area contributed by atoms with Crippen LogP contribution < -0.4 is 10.2 Å². The number of nitrogens with zero attached hydrogens (tertiary/aromatic N) is 3.